The first-order valence-corrected chi connectivity index (χ1v) is 8.59. The summed E-state index contributed by atoms with van der Waals surface area (Å²) in [4.78, 5) is 36.4. The first-order chi connectivity index (χ1) is 11.9. The van der Waals surface area contributed by atoms with Crippen molar-refractivity contribution < 1.29 is 14.3 Å². The molecule has 0 aliphatic rings. The lowest BCUT2D eigenvalue weighted by atomic mass is 10.2. The lowest BCUT2D eigenvalue weighted by molar-refractivity contribution is 0.00625. The van der Waals surface area contributed by atoms with E-state index in [9.17, 15) is 9.59 Å². The highest BCUT2D eigenvalue weighted by Crippen LogP contribution is 2.15. The van der Waals surface area contributed by atoms with E-state index in [0.717, 1.165) is 0 Å². The predicted molar refractivity (Wildman–Crippen MR) is 99.5 cm³/mol. The Morgan fingerprint density at radius 3 is 1.65 bits per heavy atom. The van der Waals surface area contributed by atoms with Gasteiger partial charge in [0.1, 0.15) is 21.6 Å². The molecule has 26 heavy (non-hydrogen) atoms. The van der Waals surface area contributed by atoms with Gasteiger partial charge in [-0.25, -0.2) is 24.7 Å². The van der Waals surface area contributed by atoms with Crippen LogP contribution in [0.5, 0.6) is 0 Å². The number of aromatic nitrogens is 4. The molecule has 2 aromatic rings. The molecule has 12 heteroatoms. The van der Waals surface area contributed by atoms with E-state index < -0.39 is 16.8 Å². The summed E-state index contributed by atoms with van der Waals surface area (Å²) in [5.74, 6) is -0.575. The summed E-state index contributed by atoms with van der Waals surface area (Å²) >= 11 is 27.1. The summed E-state index contributed by atoms with van der Waals surface area (Å²) in [5, 5.41) is -0.689. The quantitative estimate of drug-likeness (QED) is 0.272. The second kappa shape index (κ2) is 9.62. The Morgan fingerprint density at radius 2 is 1.27 bits per heavy atom. The highest BCUT2D eigenvalue weighted by atomic mass is 35.5. The summed E-state index contributed by atoms with van der Waals surface area (Å²) in [7, 11) is 0. The van der Waals surface area contributed by atoms with Crippen LogP contribution >= 0.6 is 58.0 Å². The van der Waals surface area contributed by atoms with Crippen molar-refractivity contribution in [1.82, 2.24) is 19.9 Å². The third-order valence-electron chi connectivity index (χ3n) is 2.14. The van der Waals surface area contributed by atoms with Crippen LogP contribution in [0, 0.1) is 0 Å². The number of esters is 1. The van der Waals surface area contributed by atoms with E-state index in [1.807, 2.05) is 0 Å². The summed E-state index contributed by atoms with van der Waals surface area (Å²) in [6.07, 6.45) is 0. The molecule has 0 aliphatic carbocycles. The van der Waals surface area contributed by atoms with Crippen LogP contribution in [-0.4, -0.2) is 36.7 Å². The lowest BCUT2D eigenvalue weighted by Crippen LogP contribution is -2.24. The van der Waals surface area contributed by atoms with E-state index in [-0.39, 0.29) is 32.3 Å². The van der Waals surface area contributed by atoms with E-state index in [1.165, 1.54) is 12.1 Å². The molecule has 0 fully saturated rings. The Labute approximate surface area is 174 Å². The van der Waals surface area contributed by atoms with Crippen molar-refractivity contribution in [2.24, 2.45) is 0 Å². The van der Waals surface area contributed by atoms with Gasteiger partial charge in [0.2, 0.25) is 10.6 Å². The highest BCUT2D eigenvalue weighted by molar-refractivity contribution is 6.67. The molecular formula is C14H11Cl5N4O3. The molecule has 7 nitrogen and oxygen atoms in total. The van der Waals surface area contributed by atoms with Crippen LogP contribution in [-0.2, 0) is 4.74 Å². The van der Waals surface area contributed by atoms with E-state index >= 15 is 0 Å². The van der Waals surface area contributed by atoms with Gasteiger partial charge in [-0.2, -0.15) is 0 Å². The molecule has 2 rings (SSSR count). The fourth-order valence-corrected chi connectivity index (χ4v) is 2.23. The second-order valence-electron chi connectivity index (χ2n) is 5.47. The molecule has 0 saturated carbocycles. The molecule has 2 aromatic heterocycles. The Morgan fingerprint density at radius 1 is 0.846 bits per heavy atom. The number of carbonyl (C=O) groups excluding carboxylic acids is 2. The average Bonchev–Trinajstić information content (AvgIpc) is 2.44. The van der Waals surface area contributed by atoms with Gasteiger partial charge >= 0.3 is 5.97 Å². The maximum Gasteiger partial charge on any atom is 0.357 e. The van der Waals surface area contributed by atoms with Crippen molar-refractivity contribution in [2.45, 2.75) is 26.4 Å². The molecule has 0 unspecified atom stereocenters. The van der Waals surface area contributed by atoms with Crippen LogP contribution in [0.15, 0.2) is 12.1 Å². The summed E-state index contributed by atoms with van der Waals surface area (Å²) < 4.78 is 5.09. The standard InChI is InChI=1S/C9H10Cl2N2O2.C5HCl3N2O/c1-9(2,3)15-7(14)5-4-6(10)13-8(11)12-5;6-3-1-2(4(7)11)9-5(8)10-3/h4H,1-3H3;1H. The second-order valence-corrected chi connectivity index (χ2v) is 7.26. The highest BCUT2D eigenvalue weighted by Gasteiger charge is 2.19. The van der Waals surface area contributed by atoms with Gasteiger partial charge in [0.25, 0.3) is 5.24 Å². The SMILES string of the molecule is CC(C)(C)OC(=O)c1cc(Cl)nc(Cl)n1.O=C(Cl)c1cc(Cl)nc(Cl)n1. The molecule has 0 spiro atoms. The largest absolute Gasteiger partial charge is 0.455 e. The Kier molecular flexibility index (Phi) is 8.43. The van der Waals surface area contributed by atoms with Gasteiger partial charge in [0.15, 0.2) is 5.69 Å². The van der Waals surface area contributed by atoms with Crippen LogP contribution in [0.2, 0.25) is 20.9 Å². The topological polar surface area (TPSA) is 94.9 Å². The molecular weight excluding hydrogens is 449 g/mol. The lowest BCUT2D eigenvalue weighted by Gasteiger charge is -2.18. The zero-order chi connectivity index (χ0) is 20.1. The van der Waals surface area contributed by atoms with E-state index in [1.54, 1.807) is 20.8 Å². The van der Waals surface area contributed by atoms with Crippen LogP contribution in [0.3, 0.4) is 0 Å². The van der Waals surface area contributed by atoms with Gasteiger partial charge in [-0.1, -0.05) is 23.2 Å². The first kappa shape index (κ1) is 22.8. The van der Waals surface area contributed by atoms with Crippen molar-refractivity contribution in [2.75, 3.05) is 0 Å². The molecule has 0 aliphatic heterocycles. The van der Waals surface area contributed by atoms with Crippen LogP contribution in [0.4, 0.5) is 0 Å². The van der Waals surface area contributed by atoms with Crippen LogP contribution in [0.25, 0.3) is 0 Å². The Balaban J connectivity index is 0.000000273. The van der Waals surface area contributed by atoms with Crippen LogP contribution < -0.4 is 0 Å². The molecule has 2 heterocycles. The predicted octanol–water partition coefficient (Wildman–Crippen LogP) is 4.90. The van der Waals surface area contributed by atoms with Gasteiger partial charge in [0.05, 0.1) is 0 Å². The van der Waals surface area contributed by atoms with E-state index in [2.05, 4.69) is 19.9 Å². The van der Waals surface area contributed by atoms with E-state index in [0.29, 0.717) is 0 Å². The monoisotopic (exact) mass is 458 g/mol. The number of halogens is 5. The fourth-order valence-electron chi connectivity index (χ4n) is 1.32. The molecule has 0 aromatic carbocycles. The maximum absolute atomic E-state index is 11.5. The molecule has 0 amide bonds. The maximum atomic E-state index is 11.5. The summed E-state index contributed by atoms with van der Waals surface area (Å²) in [6.45, 7) is 5.28. The van der Waals surface area contributed by atoms with Crippen molar-refractivity contribution in [1.29, 1.82) is 0 Å². The fraction of sp³-hybridized carbons (Fsp3) is 0.286. The molecule has 0 bridgehead atoms. The number of rotatable bonds is 2. The molecule has 0 atom stereocenters. The number of nitrogens with zero attached hydrogens (tertiary/aromatic N) is 4. The third kappa shape index (κ3) is 8.42. The number of hydrogen-bond acceptors (Lipinski definition) is 7. The van der Waals surface area contributed by atoms with Crippen LogP contribution in [0.1, 0.15) is 41.7 Å². The zero-order valence-electron chi connectivity index (χ0n) is 13.6. The minimum Gasteiger partial charge on any atom is -0.455 e. The van der Waals surface area contributed by atoms with E-state index in [4.69, 9.17) is 62.7 Å². The van der Waals surface area contributed by atoms with Gasteiger partial charge < -0.3 is 4.74 Å². The average molecular weight is 461 g/mol. The number of carbonyl (C=O) groups is 2. The Hall–Kier alpha value is -1.25. The first-order valence-electron chi connectivity index (χ1n) is 6.70. The summed E-state index contributed by atoms with van der Waals surface area (Å²) in [6, 6.07) is 2.55. The van der Waals surface area contributed by atoms with Gasteiger partial charge in [-0.15, -0.1) is 0 Å². The van der Waals surface area contributed by atoms with Gasteiger partial charge in [-0.3, -0.25) is 4.79 Å². The summed E-state index contributed by atoms with van der Waals surface area (Å²) in [5.41, 5.74) is -0.535. The van der Waals surface area contributed by atoms with Crippen molar-refractivity contribution in [3.05, 3.63) is 44.4 Å². The minimum atomic E-state index is -0.712. The Bertz CT molecular complexity index is 786. The molecule has 0 saturated heterocycles. The van der Waals surface area contributed by atoms with Gasteiger partial charge in [-0.05, 0) is 55.6 Å². The van der Waals surface area contributed by atoms with Crippen molar-refractivity contribution in [3.63, 3.8) is 0 Å². The number of ether oxygens (including phenoxy) is 1. The molecule has 0 radical (unpaired) electrons. The van der Waals surface area contributed by atoms with Gasteiger partial charge in [0, 0.05) is 12.1 Å². The smallest absolute Gasteiger partial charge is 0.357 e. The third-order valence-corrected chi connectivity index (χ3v) is 3.06. The zero-order valence-corrected chi connectivity index (χ0v) is 17.3. The molecule has 140 valence electrons. The molecule has 0 N–H and O–H groups in total. The van der Waals surface area contributed by atoms with Crippen molar-refractivity contribution >= 4 is 69.2 Å². The minimum absolute atomic E-state index is 0.00309. The van der Waals surface area contributed by atoms with Crippen molar-refractivity contribution in [3.8, 4) is 0 Å². The number of hydrogen-bond donors (Lipinski definition) is 0. The normalized spacial score (nSPS) is 10.6.